The number of imidazole rings is 1. The van der Waals surface area contributed by atoms with E-state index in [1.54, 1.807) is 12.1 Å². The van der Waals surface area contributed by atoms with Crippen molar-refractivity contribution in [1.29, 1.82) is 0 Å². The third-order valence-corrected chi connectivity index (χ3v) is 13.9. The Kier molecular flexibility index (Phi) is 9.48. The van der Waals surface area contributed by atoms with Crippen LogP contribution in [0.1, 0.15) is 0 Å². The molecule has 0 bridgehead atoms. The second-order valence-corrected chi connectivity index (χ2v) is 24.7. The summed E-state index contributed by atoms with van der Waals surface area (Å²) in [6.45, 7) is 0. The number of pyridine rings is 2. The van der Waals surface area contributed by atoms with E-state index in [1.165, 1.54) is 10.5 Å². The summed E-state index contributed by atoms with van der Waals surface area (Å²) in [5.41, 5.74) is 7.32. The first-order chi connectivity index (χ1) is 25.8. The third kappa shape index (κ3) is 6.43. The molecule has 4 aromatic heterocycles. The van der Waals surface area contributed by atoms with Gasteiger partial charge in [-0.05, 0) is 41.8 Å². The molecule has 0 amide bonds. The molecule has 0 saturated carbocycles. The molecule has 265 valence electrons. The molecule has 54 heavy (non-hydrogen) atoms. The van der Waals surface area contributed by atoms with Crippen LogP contribution in [-0.2, 0) is 20.1 Å². The van der Waals surface area contributed by atoms with E-state index < -0.39 is 13.3 Å². The number of nitrogens with zero attached hydrogens (tertiary/aromatic N) is 4. The molecule has 0 N–H and O–H groups in total. The van der Waals surface area contributed by atoms with Gasteiger partial charge in [-0.25, -0.2) is 9.37 Å². The molecule has 6 aromatic carbocycles. The van der Waals surface area contributed by atoms with E-state index in [0.717, 1.165) is 60.9 Å². The summed E-state index contributed by atoms with van der Waals surface area (Å²) >= 11 is -1.72. The van der Waals surface area contributed by atoms with Gasteiger partial charge in [0.2, 0.25) is 5.71 Å². The average molecular weight is 942 g/mol. The van der Waals surface area contributed by atoms with Crippen LogP contribution < -0.4 is 4.40 Å². The maximum absolute atomic E-state index is 14.6. The van der Waals surface area contributed by atoms with Gasteiger partial charge in [-0.15, -0.1) is 18.2 Å². The summed E-state index contributed by atoms with van der Waals surface area (Å²) in [6, 6.07) is 52.1. The van der Waals surface area contributed by atoms with Crippen LogP contribution in [0.4, 0.5) is 4.39 Å². The Hall–Kier alpha value is -5.47. The van der Waals surface area contributed by atoms with Crippen LogP contribution in [0.2, 0.25) is 17.3 Å². The quantitative estimate of drug-likeness (QED) is 0.130. The molecule has 10 rings (SSSR count). The number of rotatable bonds is 4. The van der Waals surface area contributed by atoms with E-state index in [4.69, 9.17) is 9.40 Å². The summed E-state index contributed by atoms with van der Waals surface area (Å²) in [5.74, 6) is 7.56. The molecule has 0 aliphatic carbocycles. The molecule has 0 unspecified atom stereocenters. The van der Waals surface area contributed by atoms with Gasteiger partial charge in [-0.2, -0.15) is 0 Å². The van der Waals surface area contributed by atoms with Crippen molar-refractivity contribution in [3.8, 4) is 28.3 Å². The van der Waals surface area contributed by atoms with Gasteiger partial charge in [0.05, 0.1) is 28.0 Å². The van der Waals surface area contributed by atoms with Crippen LogP contribution in [0, 0.1) is 17.9 Å². The third-order valence-electron chi connectivity index (χ3n) is 9.62. The molecule has 0 atom stereocenters. The Bertz CT molecular complexity index is 2950. The van der Waals surface area contributed by atoms with Gasteiger partial charge in [0.1, 0.15) is 5.82 Å². The zero-order chi connectivity index (χ0) is 36.1. The van der Waals surface area contributed by atoms with Crippen molar-refractivity contribution in [2.45, 2.75) is 17.3 Å². The minimum atomic E-state index is -1.72. The van der Waals surface area contributed by atoms with E-state index in [2.05, 4.69) is 92.5 Å². The summed E-state index contributed by atoms with van der Waals surface area (Å²) in [6.07, 6.45) is 2.04. The van der Waals surface area contributed by atoms with Crippen LogP contribution in [0.15, 0.2) is 150 Å². The Balaban J connectivity index is 0.000000206. The second kappa shape index (κ2) is 14.4. The molecule has 0 aliphatic rings. The minimum absolute atomic E-state index is 0. The van der Waals surface area contributed by atoms with E-state index in [1.807, 2.05) is 79.0 Å². The van der Waals surface area contributed by atoms with E-state index in [9.17, 15) is 4.39 Å². The second-order valence-electron chi connectivity index (χ2n) is 14.1. The number of hydrogen-bond donors (Lipinski definition) is 0. The monoisotopic (exact) mass is 943 g/mol. The molecule has 0 spiro atoms. The van der Waals surface area contributed by atoms with Gasteiger partial charge in [0, 0.05) is 42.0 Å². The first-order valence-corrected chi connectivity index (χ1v) is 24.9. The van der Waals surface area contributed by atoms with Crippen molar-refractivity contribution in [2.75, 3.05) is 0 Å². The molecule has 5 nitrogen and oxygen atoms in total. The van der Waals surface area contributed by atoms with Gasteiger partial charge in [0.25, 0.3) is 0 Å². The maximum atomic E-state index is 14.6. The molecule has 0 fully saturated rings. The topological polar surface area (TPSA) is 56.7 Å². The van der Waals surface area contributed by atoms with E-state index in [0.29, 0.717) is 22.2 Å². The van der Waals surface area contributed by atoms with Crippen molar-refractivity contribution < 1.29 is 28.9 Å². The SMILES string of the molecule is Fc1cccc2nc3oc4c(-c5nc6ccccc6n5-c5cccc6ccccc56)[c-]ccc4c3cc12.[CH3][Ge]([CH3])([CH3])[c]1ccc(-c2[c-]cccc2)nc1.[Ir]. The largest absolute Gasteiger partial charge is 0 e. The Morgan fingerprint density at radius 3 is 2.26 bits per heavy atom. The van der Waals surface area contributed by atoms with Crippen LogP contribution >= 0.6 is 0 Å². The van der Waals surface area contributed by atoms with Crippen LogP contribution in [-0.4, -0.2) is 32.8 Å². The number of fused-ring (bicyclic) bond motifs is 6. The fourth-order valence-electron chi connectivity index (χ4n) is 6.87. The Morgan fingerprint density at radius 2 is 1.44 bits per heavy atom. The molecule has 10 aromatic rings. The normalized spacial score (nSPS) is 11.6. The molecule has 0 aliphatic heterocycles. The number of aromatic nitrogens is 4. The molecular weight excluding hydrogens is 908 g/mol. The Labute approximate surface area is 328 Å². The van der Waals surface area contributed by atoms with E-state index >= 15 is 0 Å². The van der Waals surface area contributed by atoms with Crippen LogP contribution in [0.5, 0.6) is 0 Å². The number of benzene rings is 6. The fraction of sp³-hybridized carbons (Fsp3) is 0.0652. The first-order valence-electron chi connectivity index (χ1n) is 17.6. The average Bonchev–Trinajstić information content (AvgIpc) is 3.76. The Morgan fingerprint density at radius 1 is 0.667 bits per heavy atom. The van der Waals surface area contributed by atoms with Crippen LogP contribution in [0.3, 0.4) is 0 Å². The predicted molar refractivity (Wildman–Crippen MR) is 217 cm³/mol. The summed E-state index contributed by atoms with van der Waals surface area (Å²) in [7, 11) is 0. The van der Waals surface area contributed by atoms with Crippen molar-refractivity contribution in [3.05, 3.63) is 164 Å². The predicted octanol–water partition coefficient (Wildman–Crippen LogP) is 11.3. The zero-order valence-corrected chi connectivity index (χ0v) is 34.3. The van der Waals surface area contributed by atoms with Gasteiger partial charge in [-0.1, -0.05) is 65.5 Å². The number of furan rings is 1. The molecule has 1 radical (unpaired) electrons. The summed E-state index contributed by atoms with van der Waals surface area (Å²) in [5, 5.41) is 4.34. The van der Waals surface area contributed by atoms with Crippen molar-refractivity contribution >= 4 is 72.4 Å². The summed E-state index contributed by atoms with van der Waals surface area (Å²) in [4.78, 5) is 14.2. The fourth-order valence-corrected chi connectivity index (χ4v) is 9.04. The van der Waals surface area contributed by atoms with Gasteiger partial charge in [-0.3, -0.25) is 4.98 Å². The van der Waals surface area contributed by atoms with E-state index in [-0.39, 0.29) is 25.9 Å². The number of halogens is 1. The summed E-state index contributed by atoms with van der Waals surface area (Å²) < 4.78 is 24.5. The molecular formula is C46H33FGeIrN4O-2. The molecule has 0 saturated heterocycles. The standard InChI is InChI=1S/C32H17FN3O.C14H16GeN.Ir/c33-25-13-7-15-26-24(25)18-23-21-11-6-12-22(30(21)37-32(23)35-26)31-34-27-14-3-4-16-29(27)36(31)28-17-5-9-19-8-1-2-10-20(19)28;1-15(2,3)13-9-10-14(16-11-13)12-7-5-4-6-8-12;/h1-11,13-18H;4-7,9-11H,1-3H3;/q2*-1;. The van der Waals surface area contributed by atoms with Crippen molar-refractivity contribution in [1.82, 2.24) is 19.5 Å². The van der Waals surface area contributed by atoms with Gasteiger partial charge in [0.15, 0.2) is 0 Å². The number of para-hydroxylation sites is 2. The van der Waals surface area contributed by atoms with Crippen molar-refractivity contribution in [3.63, 3.8) is 0 Å². The number of hydrogen-bond acceptors (Lipinski definition) is 4. The first kappa shape index (κ1) is 35.6. The zero-order valence-electron chi connectivity index (χ0n) is 29.8. The molecule has 4 heterocycles. The smallest absolute Gasteiger partial charge is 0 e. The minimum Gasteiger partial charge on any atom is 0 e. The van der Waals surface area contributed by atoms with Crippen LogP contribution in [0.25, 0.3) is 83.1 Å². The van der Waals surface area contributed by atoms with Gasteiger partial charge < -0.3 is 8.98 Å². The van der Waals surface area contributed by atoms with Gasteiger partial charge >= 0.3 is 99.8 Å². The van der Waals surface area contributed by atoms with Crippen molar-refractivity contribution in [2.24, 2.45) is 0 Å². The maximum Gasteiger partial charge on any atom is 0 e. The molecule has 8 heteroatoms.